The van der Waals surface area contributed by atoms with E-state index in [1.54, 1.807) is 0 Å². The van der Waals surface area contributed by atoms with Crippen LogP contribution in [0.5, 0.6) is 0 Å². The van der Waals surface area contributed by atoms with Crippen LogP contribution >= 0.6 is 0 Å². The molecule has 0 saturated heterocycles. The number of fused-ring (bicyclic) bond motifs is 2. The molecule has 0 spiro atoms. The Morgan fingerprint density at radius 3 is 2.00 bits per heavy atom. The van der Waals surface area contributed by atoms with Crippen LogP contribution < -0.4 is 0 Å². The lowest BCUT2D eigenvalue weighted by Crippen LogP contribution is -1.83. The standard InChI is InChI=1S/C12H14.C10H10.2C2H6/c1-8-4-5-11-7-9(2)10(3)12(11)6-8;1-8-6-9-4-2-3-5-10(9)7-8;2*1-2/h4-6H,7H2,1-3H3;2-6H,7H2,1H3;2*1-2H3. The van der Waals surface area contributed by atoms with Gasteiger partial charge in [-0.15, -0.1) is 0 Å². The normalized spacial score (nSPS) is 13.2. The van der Waals surface area contributed by atoms with Gasteiger partial charge in [0.25, 0.3) is 0 Å². The Kier molecular flexibility index (Phi) is 9.13. The van der Waals surface area contributed by atoms with E-state index in [-0.39, 0.29) is 0 Å². The lowest BCUT2D eigenvalue weighted by Gasteiger charge is -2.01. The molecule has 2 aliphatic carbocycles. The van der Waals surface area contributed by atoms with Crippen LogP contribution in [-0.4, -0.2) is 0 Å². The molecule has 0 aromatic heterocycles. The highest BCUT2D eigenvalue weighted by Crippen LogP contribution is 2.32. The van der Waals surface area contributed by atoms with E-state index in [0.29, 0.717) is 0 Å². The lowest BCUT2D eigenvalue weighted by atomic mass is 10.0. The largest absolute Gasteiger partial charge is 0.0683 e. The molecular weight excluding hydrogens is 312 g/mol. The van der Waals surface area contributed by atoms with Crippen LogP contribution in [0.1, 0.15) is 76.3 Å². The first-order chi connectivity index (χ1) is 12.5. The zero-order chi connectivity index (χ0) is 19.7. The van der Waals surface area contributed by atoms with E-state index >= 15 is 0 Å². The first kappa shape index (κ1) is 22.0. The fraction of sp³-hybridized carbons (Fsp3) is 0.385. The number of hydrogen-bond acceptors (Lipinski definition) is 0. The molecule has 0 atom stereocenters. The van der Waals surface area contributed by atoms with Crippen molar-refractivity contribution >= 4 is 11.6 Å². The van der Waals surface area contributed by atoms with Gasteiger partial charge < -0.3 is 0 Å². The molecule has 0 saturated carbocycles. The molecule has 0 fully saturated rings. The second-order valence-electron chi connectivity index (χ2n) is 6.61. The summed E-state index contributed by atoms with van der Waals surface area (Å²) in [4.78, 5) is 0. The maximum atomic E-state index is 2.29. The van der Waals surface area contributed by atoms with Crippen molar-refractivity contribution in [1.29, 1.82) is 0 Å². The molecule has 0 unspecified atom stereocenters. The molecule has 0 heteroatoms. The van der Waals surface area contributed by atoms with Gasteiger partial charge in [-0.05, 0) is 68.4 Å². The molecule has 0 aliphatic heterocycles. The minimum Gasteiger partial charge on any atom is -0.0683 e. The fourth-order valence-electron chi connectivity index (χ4n) is 3.29. The Morgan fingerprint density at radius 1 is 0.692 bits per heavy atom. The van der Waals surface area contributed by atoms with Crippen molar-refractivity contribution in [1.82, 2.24) is 0 Å². The summed E-state index contributed by atoms with van der Waals surface area (Å²) in [6.07, 6.45) is 4.56. The molecule has 4 rings (SSSR count). The van der Waals surface area contributed by atoms with Crippen molar-refractivity contribution < 1.29 is 0 Å². The SMILES string of the molecule is CC.CC.CC1=C(C)c2cc(C)ccc2C1.CC1=Cc2ccccc2C1. The topological polar surface area (TPSA) is 0 Å². The summed E-state index contributed by atoms with van der Waals surface area (Å²) >= 11 is 0. The van der Waals surface area contributed by atoms with Crippen LogP contribution in [-0.2, 0) is 12.8 Å². The third-order valence-corrected chi connectivity index (χ3v) is 4.69. The minimum absolute atomic E-state index is 1.15. The second-order valence-corrected chi connectivity index (χ2v) is 6.61. The zero-order valence-electron chi connectivity index (χ0n) is 18.0. The highest BCUT2D eigenvalue weighted by Gasteiger charge is 2.14. The Hall–Kier alpha value is -2.08. The third kappa shape index (κ3) is 5.46. The molecule has 140 valence electrons. The molecule has 0 bridgehead atoms. The van der Waals surface area contributed by atoms with Crippen LogP contribution in [0.4, 0.5) is 0 Å². The highest BCUT2D eigenvalue weighted by atomic mass is 14.2. The molecular formula is C26H36. The number of hydrogen-bond donors (Lipinski definition) is 0. The van der Waals surface area contributed by atoms with Gasteiger partial charge in [-0.1, -0.05) is 92.9 Å². The van der Waals surface area contributed by atoms with Crippen molar-refractivity contribution in [2.45, 2.75) is 68.2 Å². The molecule has 2 aromatic rings. The Labute approximate surface area is 161 Å². The summed E-state index contributed by atoms with van der Waals surface area (Å²) in [6.45, 7) is 16.8. The van der Waals surface area contributed by atoms with E-state index in [0.717, 1.165) is 12.8 Å². The van der Waals surface area contributed by atoms with E-state index in [2.05, 4.69) is 76.2 Å². The Balaban J connectivity index is 0.000000221. The number of benzene rings is 2. The smallest absolute Gasteiger partial charge is 0.00579 e. The van der Waals surface area contributed by atoms with E-state index in [4.69, 9.17) is 0 Å². The summed E-state index contributed by atoms with van der Waals surface area (Å²) in [7, 11) is 0. The maximum Gasteiger partial charge on any atom is -0.00579 e. The Morgan fingerprint density at radius 2 is 1.35 bits per heavy atom. The molecule has 0 amide bonds. The number of allylic oxidation sites excluding steroid dienone is 3. The van der Waals surface area contributed by atoms with Crippen LogP contribution in [0.15, 0.2) is 53.6 Å². The van der Waals surface area contributed by atoms with Crippen molar-refractivity contribution in [2.24, 2.45) is 0 Å². The van der Waals surface area contributed by atoms with Crippen molar-refractivity contribution in [3.05, 3.63) is 81.4 Å². The molecule has 0 heterocycles. The molecule has 0 nitrogen and oxygen atoms in total. The van der Waals surface area contributed by atoms with Gasteiger partial charge in [-0.3, -0.25) is 0 Å². The first-order valence-electron chi connectivity index (χ1n) is 10.1. The molecule has 0 radical (unpaired) electrons. The second kappa shape index (κ2) is 10.8. The molecule has 2 aromatic carbocycles. The van der Waals surface area contributed by atoms with Gasteiger partial charge in [0.1, 0.15) is 0 Å². The average molecular weight is 349 g/mol. The summed E-state index contributed by atoms with van der Waals surface area (Å²) < 4.78 is 0. The van der Waals surface area contributed by atoms with Crippen molar-refractivity contribution in [3.63, 3.8) is 0 Å². The quantitative estimate of drug-likeness (QED) is 0.452. The van der Waals surface area contributed by atoms with Gasteiger partial charge in [0.15, 0.2) is 0 Å². The van der Waals surface area contributed by atoms with Gasteiger partial charge in [0, 0.05) is 0 Å². The Bertz CT molecular complexity index is 772. The van der Waals surface area contributed by atoms with Crippen LogP contribution in [0.2, 0.25) is 0 Å². The monoisotopic (exact) mass is 348 g/mol. The number of rotatable bonds is 0. The van der Waals surface area contributed by atoms with Crippen LogP contribution in [0, 0.1) is 6.92 Å². The number of aryl methyl sites for hydroxylation is 1. The van der Waals surface area contributed by atoms with Gasteiger partial charge in [-0.25, -0.2) is 0 Å². The van der Waals surface area contributed by atoms with E-state index < -0.39 is 0 Å². The first-order valence-corrected chi connectivity index (χ1v) is 10.1. The molecule has 0 N–H and O–H groups in total. The lowest BCUT2D eigenvalue weighted by molar-refractivity contribution is 1.19. The van der Waals surface area contributed by atoms with Crippen molar-refractivity contribution in [3.8, 4) is 0 Å². The summed E-state index contributed by atoms with van der Waals surface area (Å²) in [5, 5.41) is 0. The van der Waals surface area contributed by atoms with Gasteiger partial charge in [-0.2, -0.15) is 0 Å². The van der Waals surface area contributed by atoms with Crippen molar-refractivity contribution in [2.75, 3.05) is 0 Å². The van der Waals surface area contributed by atoms with Crippen LogP contribution in [0.25, 0.3) is 11.6 Å². The van der Waals surface area contributed by atoms with E-state index in [1.165, 1.54) is 44.5 Å². The van der Waals surface area contributed by atoms with Gasteiger partial charge >= 0.3 is 0 Å². The average Bonchev–Trinajstić information content (AvgIpc) is 3.18. The fourth-order valence-corrected chi connectivity index (χ4v) is 3.29. The van der Waals surface area contributed by atoms with E-state index in [1.807, 2.05) is 27.7 Å². The molecule has 26 heavy (non-hydrogen) atoms. The predicted molar refractivity (Wildman–Crippen MR) is 120 cm³/mol. The summed E-state index contributed by atoms with van der Waals surface area (Å²) in [6, 6.07) is 15.3. The summed E-state index contributed by atoms with van der Waals surface area (Å²) in [5.41, 5.74) is 11.7. The van der Waals surface area contributed by atoms with E-state index in [9.17, 15) is 0 Å². The zero-order valence-corrected chi connectivity index (χ0v) is 18.0. The predicted octanol–water partition coefficient (Wildman–Crippen LogP) is 8.04. The minimum atomic E-state index is 1.15. The van der Waals surface area contributed by atoms with Crippen LogP contribution in [0.3, 0.4) is 0 Å². The third-order valence-electron chi connectivity index (χ3n) is 4.69. The maximum absolute atomic E-state index is 2.29. The molecule has 2 aliphatic rings. The van der Waals surface area contributed by atoms with Gasteiger partial charge in [0.2, 0.25) is 0 Å². The van der Waals surface area contributed by atoms with Gasteiger partial charge in [0.05, 0.1) is 0 Å². The highest BCUT2D eigenvalue weighted by molar-refractivity contribution is 5.74. The summed E-state index contributed by atoms with van der Waals surface area (Å²) in [5.74, 6) is 0.